The van der Waals surface area contributed by atoms with Crippen molar-refractivity contribution in [3.8, 4) is 5.75 Å². The minimum absolute atomic E-state index is 0.0388. The van der Waals surface area contributed by atoms with Gasteiger partial charge in [-0.25, -0.2) is 8.42 Å². The van der Waals surface area contributed by atoms with Gasteiger partial charge in [0.05, 0.1) is 17.2 Å². The van der Waals surface area contributed by atoms with Crippen LogP contribution in [0.1, 0.15) is 25.0 Å². The predicted molar refractivity (Wildman–Crippen MR) is 81.1 cm³/mol. The smallest absolute Gasteiger partial charge is 0.263 e. The fourth-order valence-corrected chi connectivity index (χ4v) is 2.99. The van der Waals surface area contributed by atoms with Crippen LogP contribution in [0.4, 0.5) is 5.82 Å². The van der Waals surface area contributed by atoms with Gasteiger partial charge in [0.25, 0.3) is 10.0 Å². The standard InChI is InChI=1S/C14H19N3O3S/c1-9(2)20-13-6-5-12(7-10(13)3)21(18,19)17-14-11(4)8-15-16-14/h5-9H,1-4H3,(H2,15,16,17). The molecule has 0 saturated heterocycles. The number of anilines is 1. The number of hydrogen-bond acceptors (Lipinski definition) is 4. The van der Waals surface area contributed by atoms with Gasteiger partial charge in [-0.1, -0.05) is 0 Å². The number of aromatic amines is 1. The molecule has 1 heterocycles. The number of aromatic nitrogens is 2. The van der Waals surface area contributed by atoms with Crippen molar-refractivity contribution in [2.45, 2.75) is 38.7 Å². The molecule has 2 rings (SSSR count). The molecule has 1 aromatic heterocycles. The SMILES string of the molecule is Cc1cc(S(=O)(=O)Nc2[nH]ncc2C)ccc1OC(C)C. The van der Waals surface area contributed by atoms with Gasteiger partial charge in [-0.05, 0) is 51.5 Å². The molecule has 0 aliphatic carbocycles. The van der Waals surface area contributed by atoms with Crippen LogP contribution in [0.5, 0.6) is 5.75 Å². The topological polar surface area (TPSA) is 84.1 Å². The Hall–Kier alpha value is -2.02. The van der Waals surface area contributed by atoms with E-state index < -0.39 is 10.0 Å². The molecule has 0 atom stereocenters. The summed E-state index contributed by atoms with van der Waals surface area (Å²) in [5.74, 6) is 1.05. The number of rotatable bonds is 5. The lowest BCUT2D eigenvalue weighted by molar-refractivity contribution is 0.240. The predicted octanol–water partition coefficient (Wildman–Crippen LogP) is 2.61. The summed E-state index contributed by atoms with van der Waals surface area (Å²) in [7, 11) is -3.65. The van der Waals surface area contributed by atoms with Gasteiger partial charge >= 0.3 is 0 Å². The second-order valence-electron chi connectivity index (χ2n) is 5.13. The molecule has 2 N–H and O–H groups in total. The van der Waals surface area contributed by atoms with Gasteiger partial charge < -0.3 is 4.74 Å². The monoisotopic (exact) mass is 309 g/mol. The highest BCUT2D eigenvalue weighted by molar-refractivity contribution is 7.92. The third kappa shape index (κ3) is 3.55. The number of hydrogen-bond donors (Lipinski definition) is 2. The molecular weight excluding hydrogens is 290 g/mol. The highest BCUT2D eigenvalue weighted by Gasteiger charge is 2.17. The first-order valence-corrected chi connectivity index (χ1v) is 8.08. The van der Waals surface area contributed by atoms with Crippen molar-refractivity contribution < 1.29 is 13.2 Å². The molecule has 0 aliphatic heterocycles. The first kappa shape index (κ1) is 15.4. The van der Waals surface area contributed by atoms with E-state index >= 15 is 0 Å². The van der Waals surface area contributed by atoms with Crippen molar-refractivity contribution in [3.63, 3.8) is 0 Å². The Labute approximate surface area is 124 Å². The van der Waals surface area contributed by atoms with Crippen molar-refractivity contribution in [2.24, 2.45) is 0 Å². The Balaban J connectivity index is 2.29. The summed E-state index contributed by atoms with van der Waals surface area (Å²) < 4.78 is 32.8. The molecule has 0 bridgehead atoms. The maximum absolute atomic E-state index is 12.3. The zero-order chi connectivity index (χ0) is 15.6. The minimum Gasteiger partial charge on any atom is -0.491 e. The largest absolute Gasteiger partial charge is 0.491 e. The lowest BCUT2D eigenvalue weighted by atomic mass is 10.2. The van der Waals surface area contributed by atoms with E-state index in [-0.39, 0.29) is 11.0 Å². The maximum atomic E-state index is 12.3. The van der Waals surface area contributed by atoms with E-state index in [1.807, 2.05) is 20.8 Å². The van der Waals surface area contributed by atoms with E-state index in [0.717, 1.165) is 11.1 Å². The van der Waals surface area contributed by atoms with Crippen LogP contribution < -0.4 is 9.46 Å². The Morgan fingerprint density at radius 2 is 1.95 bits per heavy atom. The molecule has 6 nitrogen and oxygen atoms in total. The fraction of sp³-hybridized carbons (Fsp3) is 0.357. The Morgan fingerprint density at radius 3 is 2.48 bits per heavy atom. The maximum Gasteiger partial charge on any atom is 0.263 e. The number of aryl methyl sites for hydroxylation is 2. The van der Waals surface area contributed by atoms with Crippen LogP contribution in [0.25, 0.3) is 0 Å². The number of sulfonamides is 1. The van der Waals surface area contributed by atoms with Crippen LogP contribution in [0.15, 0.2) is 29.3 Å². The van der Waals surface area contributed by atoms with Gasteiger partial charge in [-0.3, -0.25) is 9.82 Å². The summed E-state index contributed by atoms with van der Waals surface area (Å²) in [5.41, 5.74) is 1.50. The van der Waals surface area contributed by atoms with Gasteiger partial charge in [0.1, 0.15) is 11.6 Å². The molecule has 2 aromatic rings. The van der Waals surface area contributed by atoms with E-state index in [1.165, 1.54) is 6.07 Å². The lowest BCUT2D eigenvalue weighted by Crippen LogP contribution is -2.14. The summed E-state index contributed by atoms with van der Waals surface area (Å²) in [5, 5.41) is 6.41. The Bertz CT molecular complexity index is 736. The molecule has 21 heavy (non-hydrogen) atoms. The third-order valence-corrected chi connectivity index (χ3v) is 4.23. The van der Waals surface area contributed by atoms with Crippen LogP contribution in [0.3, 0.4) is 0 Å². The molecule has 0 aliphatic rings. The van der Waals surface area contributed by atoms with E-state index in [2.05, 4.69) is 14.9 Å². The van der Waals surface area contributed by atoms with E-state index in [4.69, 9.17) is 4.74 Å². The molecule has 114 valence electrons. The fourth-order valence-electron chi connectivity index (χ4n) is 1.82. The van der Waals surface area contributed by atoms with Crippen LogP contribution >= 0.6 is 0 Å². The first-order chi connectivity index (χ1) is 9.79. The van der Waals surface area contributed by atoms with Crippen molar-refractivity contribution in [3.05, 3.63) is 35.5 Å². The van der Waals surface area contributed by atoms with Gasteiger partial charge in [0, 0.05) is 5.56 Å². The molecule has 0 spiro atoms. The summed E-state index contributed by atoms with van der Waals surface area (Å²) in [6, 6.07) is 4.79. The van der Waals surface area contributed by atoms with Gasteiger partial charge in [0.15, 0.2) is 0 Å². The molecule has 0 fully saturated rings. The van der Waals surface area contributed by atoms with Gasteiger partial charge in [0.2, 0.25) is 0 Å². The van der Waals surface area contributed by atoms with Gasteiger partial charge in [-0.15, -0.1) is 0 Å². The number of nitrogens with one attached hydrogen (secondary N) is 2. The van der Waals surface area contributed by atoms with Crippen molar-refractivity contribution in [2.75, 3.05) is 4.72 Å². The average Bonchev–Trinajstić information content (AvgIpc) is 2.76. The normalized spacial score (nSPS) is 11.7. The minimum atomic E-state index is -3.65. The van der Waals surface area contributed by atoms with Crippen molar-refractivity contribution in [1.82, 2.24) is 10.2 Å². The number of ether oxygens (including phenoxy) is 1. The van der Waals surface area contributed by atoms with Crippen LogP contribution in [-0.4, -0.2) is 24.7 Å². The van der Waals surface area contributed by atoms with Crippen LogP contribution in [0, 0.1) is 13.8 Å². The Morgan fingerprint density at radius 1 is 1.24 bits per heavy atom. The number of nitrogens with zero attached hydrogens (tertiary/aromatic N) is 1. The molecule has 0 unspecified atom stereocenters. The lowest BCUT2D eigenvalue weighted by Gasteiger charge is -2.14. The van der Waals surface area contributed by atoms with Crippen LogP contribution in [-0.2, 0) is 10.0 Å². The molecule has 1 aromatic carbocycles. The Kier molecular flexibility index (Phi) is 4.22. The zero-order valence-corrected chi connectivity index (χ0v) is 13.3. The quantitative estimate of drug-likeness (QED) is 0.889. The number of benzene rings is 1. The van der Waals surface area contributed by atoms with Gasteiger partial charge in [-0.2, -0.15) is 5.10 Å². The van der Waals surface area contributed by atoms with E-state index in [9.17, 15) is 8.42 Å². The summed E-state index contributed by atoms with van der Waals surface area (Å²) >= 11 is 0. The first-order valence-electron chi connectivity index (χ1n) is 6.59. The highest BCUT2D eigenvalue weighted by atomic mass is 32.2. The molecule has 7 heteroatoms. The highest BCUT2D eigenvalue weighted by Crippen LogP contribution is 2.24. The summed E-state index contributed by atoms with van der Waals surface area (Å²) in [6.45, 7) is 7.43. The zero-order valence-electron chi connectivity index (χ0n) is 12.5. The average molecular weight is 309 g/mol. The van der Waals surface area contributed by atoms with E-state index in [1.54, 1.807) is 25.3 Å². The molecular formula is C14H19N3O3S. The molecule has 0 saturated carbocycles. The van der Waals surface area contributed by atoms with Crippen LogP contribution in [0.2, 0.25) is 0 Å². The number of H-pyrrole nitrogens is 1. The molecule has 0 radical (unpaired) electrons. The van der Waals surface area contributed by atoms with Crippen molar-refractivity contribution >= 4 is 15.8 Å². The molecule has 0 amide bonds. The summed E-state index contributed by atoms with van der Waals surface area (Å²) in [6.07, 6.45) is 1.60. The van der Waals surface area contributed by atoms with E-state index in [0.29, 0.717) is 11.6 Å². The summed E-state index contributed by atoms with van der Waals surface area (Å²) in [4.78, 5) is 0.185. The second kappa shape index (κ2) is 5.77. The third-order valence-electron chi connectivity index (χ3n) is 2.88. The second-order valence-corrected chi connectivity index (χ2v) is 6.81. The van der Waals surface area contributed by atoms with Crippen molar-refractivity contribution in [1.29, 1.82) is 0 Å².